The molecule has 0 spiro atoms. The smallest absolute Gasteiger partial charge is 0.304 e. The number of aliphatic carboxylic acids is 1. The zero-order valence-corrected chi connectivity index (χ0v) is 25.2. The number of carbonyl (C=O) groups is 2. The summed E-state index contributed by atoms with van der Waals surface area (Å²) in [4.78, 5) is 28.5. The van der Waals surface area contributed by atoms with Crippen LogP contribution in [0.25, 0.3) is 0 Å². The Labute approximate surface area is 241 Å². The molecule has 1 N–H and O–H groups in total. The standard InChI is InChI=1S/C30H37Cl2NO5S/c1-5-30(17-26(34)35)16-24(21-7-6-8-23(32)15-21)27(20-11-13-22(31)14-12-20)33(28(30)36)25(19-9-10-19)18-39(37,38)29(2,3)4/h6-8,11-15,19,24-25,27H,5,9-10,16-18H2,1-4H3,(H,34,35)/t24?,25-,27-,30-/m1/s1. The van der Waals surface area contributed by atoms with Crippen LogP contribution in [0, 0.1) is 11.3 Å². The number of carboxylic acids is 1. The molecule has 2 aromatic rings. The van der Waals surface area contributed by atoms with Gasteiger partial charge in [-0.3, -0.25) is 9.59 Å². The van der Waals surface area contributed by atoms with Crippen molar-refractivity contribution in [3.8, 4) is 0 Å². The van der Waals surface area contributed by atoms with E-state index in [4.69, 9.17) is 23.2 Å². The van der Waals surface area contributed by atoms with E-state index < -0.39 is 38.1 Å². The molecule has 0 bridgehead atoms. The number of amides is 1. The average Bonchev–Trinajstić information content (AvgIpc) is 3.69. The van der Waals surface area contributed by atoms with Crippen LogP contribution in [0.5, 0.6) is 0 Å². The number of carbonyl (C=O) groups excluding carboxylic acids is 1. The van der Waals surface area contributed by atoms with Crippen molar-refractivity contribution in [3.63, 3.8) is 0 Å². The first kappa shape index (κ1) is 29.9. The van der Waals surface area contributed by atoms with Gasteiger partial charge in [0, 0.05) is 22.0 Å². The first-order chi connectivity index (χ1) is 18.2. The van der Waals surface area contributed by atoms with Gasteiger partial charge in [-0.2, -0.15) is 0 Å². The van der Waals surface area contributed by atoms with E-state index in [1.807, 2.05) is 37.3 Å². The zero-order chi connectivity index (χ0) is 28.8. The van der Waals surface area contributed by atoms with Crippen molar-refractivity contribution < 1.29 is 23.1 Å². The van der Waals surface area contributed by atoms with E-state index in [0.29, 0.717) is 22.9 Å². The average molecular weight is 595 g/mol. The van der Waals surface area contributed by atoms with Crippen molar-refractivity contribution in [2.75, 3.05) is 5.75 Å². The molecule has 6 nitrogen and oxygen atoms in total. The van der Waals surface area contributed by atoms with Crippen molar-refractivity contribution in [2.24, 2.45) is 11.3 Å². The third-order valence-electron chi connectivity index (χ3n) is 8.48. The Morgan fingerprint density at radius 1 is 1.08 bits per heavy atom. The molecule has 1 amide bonds. The fourth-order valence-corrected chi connectivity index (χ4v) is 7.63. The third-order valence-corrected chi connectivity index (χ3v) is 11.6. The highest BCUT2D eigenvalue weighted by Gasteiger charge is 2.56. The highest BCUT2D eigenvalue weighted by molar-refractivity contribution is 7.92. The van der Waals surface area contributed by atoms with Gasteiger partial charge in [-0.15, -0.1) is 0 Å². The molecule has 1 saturated carbocycles. The largest absolute Gasteiger partial charge is 0.481 e. The molecule has 39 heavy (non-hydrogen) atoms. The normalized spacial score (nSPS) is 25.0. The molecule has 1 unspecified atom stereocenters. The molecular weight excluding hydrogens is 557 g/mol. The van der Waals surface area contributed by atoms with Crippen molar-refractivity contribution in [1.29, 1.82) is 0 Å². The lowest BCUT2D eigenvalue weighted by atomic mass is 9.65. The molecular formula is C30H37Cl2NO5S. The summed E-state index contributed by atoms with van der Waals surface area (Å²) in [5.74, 6) is -1.79. The molecule has 1 heterocycles. The summed E-state index contributed by atoms with van der Waals surface area (Å²) in [5.41, 5.74) is 0.536. The van der Waals surface area contributed by atoms with Crippen LogP contribution in [0.15, 0.2) is 48.5 Å². The predicted octanol–water partition coefficient (Wildman–Crippen LogP) is 6.91. The van der Waals surface area contributed by atoms with Crippen LogP contribution in [0.4, 0.5) is 0 Å². The summed E-state index contributed by atoms with van der Waals surface area (Å²) in [6.45, 7) is 6.87. The van der Waals surface area contributed by atoms with E-state index in [9.17, 15) is 23.1 Å². The molecule has 212 valence electrons. The van der Waals surface area contributed by atoms with Gasteiger partial charge >= 0.3 is 5.97 Å². The summed E-state index contributed by atoms with van der Waals surface area (Å²) in [7, 11) is -3.60. The van der Waals surface area contributed by atoms with E-state index in [1.54, 1.807) is 43.9 Å². The quantitative estimate of drug-likeness (QED) is 0.341. The van der Waals surface area contributed by atoms with Crippen molar-refractivity contribution in [3.05, 3.63) is 69.7 Å². The molecule has 0 aromatic heterocycles. The second kappa shape index (κ2) is 11.1. The molecule has 2 fully saturated rings. The van der Waals surface area contributed by atoms with Crippen molar-refractivity contribution >= 4 is 44.9 Å². The lowest BCUT2D eigenvalue weighted by Crippen LogP contribution is -2.59. The number of hydrogen-bond acceptors (Lipinski definition) is 4. The first-order valence-corrected chi connectivity index (χ1v) is 15.9. The van der Waals surface area contributed by atoms with Gasteiger partial charge in [0.1, 0.15) is 0 Å². The lowest BCUT2D eigenvalue weighted by Gasteiger charge is -2.53. The minimum atomic E-state index is -3.60. The molecule has 2 aliphatic rings. The summed E-state index contributed by atoms with van der Waals surface area (Å²) in [6.07, 6.45) is 1.94. The topological polar surface area (TPSA) is 91.8 Å². The van der Waals surface area contributed by atoms with Gasteiger partial charge in [0.05, 0.1) is 28.4 Å². The van der Waals surface area contributed by atoms with Gasteiger partial charge in [-0.1, -0.05) is 54.4 Å². The Balaban J connectivity index is 1.97. The van der Waals surface area contributed by atoms with Crippen LogP contribution in [0.2, 0.25) is 10.0 Å². The fraction of sp³-hybridized carbons (Fsp3) is 0.533. The number of carboxylic acid groups (broad SMARTS) is 1. The van der Waals surface area contributed by atoms with E-state index in [0.717, 1.165) is 24.0 Å². The minimum absolute atomic E-state index is 0.0263. The molecule has 1 saturated heterocycles. The zero-order valence-electron chi connectivity index (χ0n) is 22.9. The Hall–Kier alpha value is -2.09. The second-order valence-electron chi connectivity index (χ2n) is 12.1. The maximum atomic E-state index is 14.6. The van der Waals surface area contributed by atoms with E-state index in [2.05, 4.69) is 0 Å². The number of sulfone groups is 1. The number of benzene rings is 2. The second-order valence-corrected chi connectivity index (χ2v) is 15.7. The van der Waals surface area contributed by atoms with Crippen molar-refractivity contribution in [1.82, 2.24) is 4.90 Å². The Morgan fingerprint density at radius 3 is 2.23 bits per heavy atom. The predicted molar refractivity (Wildman–Crippen MR) is 155 cm³/mol. The number of halogens is 2. The van der Waals surface area contributed by atoms with E-state index in [-0.39, 0.29) is 29.9 Å². The molecule has 0 radical (unpaired) electrons. The van der Waals surface area contributed by atoms with Crippen LogP contribution in [-0.4, -0.2) is 46.8 Å². The maximum absolute atomic E-state index is 14.6. The van der Waals surface area contributed by atoms with Gasteiger partial charge in [0.15, 0.2) is 9.84 Å². The number of rotatable bonds is 9. The van der Waals surface area contributed by atoms with Gasteiger partial charge in [0.25, 0.3) is 0 Å². The lowest BCUT2D eigenvalue weighted by molar-refractivity contribution is -0.162. The summed E-state index contributed by atoms with van der Waals surface area (Å²) in [5, 5.41) is 11.0. The summed E-state index contributed by atoms with van der Waals surface area (Å²) >= 11 is 12.7. The van der Waals surface area contributed by atoms with Crippen LogP contribution in [0.1, 0.15) is 82.9 Å². The molecule has 2 aromatic carbocycles. The van der Waals surface area contributed by atoms with Gasteiger partial charge < -0.3 is 10.0 Å². The summed E-state index contributed by atoms with van der Waals surface area (Å²) in [6, 6.07) is 13.6. The number of piperidine rings is 1. The minimum Gasteiger partial charge on any atom is -0.481 e. The number of likely N-dealkylation sites (tertiary alicyclic amines) is 1. The van der Waals surface area contributed by atoms with Gasteiger partial charge in [0.2, 0.25) is 5.91 Å². The SMILES string of the molecule is CC[C@]1(CC(=O)O)CC(c2cccc(Cl)c2)[C@@H](c2ccc(Cl)cc2)N([C@H](CS(=O)(=O)C(C)(C)C)C2CC2)C1=O. The van der Waals surface area contributed by atoms with E-state index in [1.165, 1.54) is 0 Å². The molecule has 9 heteroatoms. The molecule has 1 aliphatic heterocycles. The summed E-state index contributed by atoms with van der Waals surface area (Å²) < 4.78 is 26.1. The van der Waals surface area contributed by atoms with Crippen molar-refractivity contribution in [2.45, 2.75) is 82.5 Å². The fourth-order valence-electron chi connectivity index (χ4n) is 5.92. The first-order valence-electron chi connectivity index (χ1n) is 13.5. The maximum Gasteiger partial charge on any atom is 0.304 e. The van der Waals surface area contributed by atoms with Gasteiger partial charge in [-0.05, 0) is 87.8 Å². The molecule has 1 aliphatic carbocycles. The Bertz CT molecular complexity index is 1330. The highest BCUT2D eigenvalue weighted by atomic mass is 35.5. The number of hydrogen-bond donors (Lipinski definition) is 1. The third kappa shape index (κ3) is 6.15. The van der Waals surface area contributed by atoms with Crippen LogP contribution in [0.3, 0.4) is 0 Å². The Morgan fingerprint density at radius 2 is 1.72 bits per heavy atom. The monoisotopic (exact) mass is 593 g/mol. The van der Waals surface area contributed by atoms with Gasteiger partial charge in [-0.25, -0.2) is 8.42 Å². The molecule has 4 atom stereocenters. The Kier molecular flexibility index (Phi) is 8.47. The molecule has 4 rings (SSSR count). The van der Waals surface area contributed by atoms with Crippen LogP contribution < -0.4 is 0 Å². The van der Waals surface area contributed by atoms with E-state index >= 15 is 0 Å². The number of nitrogens with zero attached hydrogens (tertiary/aromatic N) is 1. The van der Waals surface area contributed by atoms with Crippen LogP contribution in [-0.2, 0) is 19.4 Å². The highest BCUT2D eigenvalue weighted by Crippen LogP contribution is 2.55. The van der Waals surface area contributed by atoms with Crippen LogP contribution >= 0.6 is 23.2 Å².